The number of nitrogens with zero attached hydrogens (tertiary/aromatic N) is 3. The van der Waals surface area contributed by atoms with E-state index in [-0.39, 0.29) is 10.0 Å². The molecule has 5 nitrogen and oxygen atoms in total. The second-order valence-corrected chi connectivity index (χ2v) is 5.75. The maximum Gasteiger partial charge on any atom is 0.351 e. The maximum absolute atomic E-state index is 11.4. The van der Waals surface area contributed by atoms with Gasteiger partial charge < -0.3 is 4.74 Å². The summed E-state index contributed by atoms with van der Waals surface area (Å²) in [7, 11) is 1.30. The molecule has 2 heterocycles. The van der Waals surface area contributed by atoms with Gasteiger partial charge in [0.2, 0.25) is 0 Å². The lowest BCUT2D eigenvalue weighted by molar-refractivity contribution is 0.0606. The predicted molar refractivity (Wildman–Crippen MR) is 69.4 cm³/mol. The molecule has 0 unspecified atom stereocenters. The zero-order chi connectivity index (χ0) is 13.1. The van der Waals surface area contributed by atoms with Gasteiger partial charge in [0.1, 0.15) is 0 Å². The highest BCUT2D eigenvalue weighted by Crippen LogP contribution is 2.33. The fourth-order valence-electron chi connectivity index (χ4n) is 1.10. The average molecular weight is 302 g/mol. The Balaban J connectivity index is 2.23. The normalized spacial score (nSPS) is 10.4. The highest BCUT2D eigenvalue weighted by molar-refractivity contribution is 8.00. The number of rotatable bonds is 3. The SMILES string of the molecule is COC(=O)c1sc(Sc2nccc(C)n2)nc1Cl. The van der Waals surface area contributed by atoms with Crippen molar-refractivity contribution in [2.45, 2.75) is 16.4 Å². The quantitative estimate of drug-likeness (QED) is 0.641. The van der Waals surface area contributed by atoms with E-state index in [4.69, 9.17) is 11.6 Å². The molecule has 2 aromatic heterocycles. The zero-order valence-corrected chi connectivity index (χ0v) is 11.9. The van der Waals surface area contributed by atoms with Gasteiger partial charge in [-0.2, -0.15) is 0 Å². The monoisotopic (exact) mass is 301 g/mol. The largest absolute Gasteiger partial charge is 0.465 e. The summed E-state index contributed by atoms with van der Waals surface area (Å²) in [6, 6.07) is 1.80. The molecule has 0 spiro atoms. The van der Waals surface area contributed by atoms with Crippen molar-refractivity contribution in [1.29, 1.82) is 0 Å². The third-order valence-corrected chi connectivity index (χ3v) is 4.25. The number of aromatic nitrogens is 3. The first kappa shape index (κ1) is 13.3. The van der Waals surface area contributed by atoms with Gasteiger partial charge in [-0.1, -0.05) is 22.9 Å². The number of carbonyl (C=O) groups excluding carboxylic acids is 1. The lowest BCUT2D eigenvalue weighted by Gasteiger charge is -1.96. The van der Waals surface area contributed by atoms with Crippen LogP contribution in [-0.2, 0) is 4.74 Å². The van der Waals surface area contributed by atoms with Gasteiger partial charge >= 0.3 is 5.97 Å². The third-order valence-electron chi connectivity index (χ3n) is 1.89. The summed E-state index contributed by atoms with van der Waals surface area (Å²) in [5.74, 6) is -0.491. The van der Waals surface area contributed by atoms with Crippen LogP contribution >= 0.6 is 34.7 Å². The molecule has 0 aliphatic heterocycles. The molecule has 0 saturated carbocycles. The van der Waals surface area contributed by atoms with Gasteiger partial charge in [-0.05, 0) is 24.8 Å². The molecule has 94 valence electrons. The van der Waals surface area contributed by atoms with Gasteiger partial charge in [-0.25, -0.2) is 19.7 Å². The Morgan fingerprint density at radius 2 is 2.28 bits per heavy atom. The smallest absolute Gasteiger partial charge is 0.351 e. The number of halogens is 1. The number of methoxy groups -OCH3 is 1. The Labute approximate surface area is 117 Å². The fourth-order valence-corrected chi connectivity index (χ4v) is 3.32. The van der Waals surface area contributed by atoms with Gasteiger partial charge in [0.25, 0.3) is 0 Å². The van der Waals surface area contributed by atoms with Crippen LogP contribution in [0.15, 0.2) is 21.8 Å². The van der Waals surface area contributed by atoms with E-state index >= 15 is 0 Å². The average Bonchev–Trinajstić information content (AvgIpc) is 2.69. The second-order valence-electron chi connectivity index (χ2n) is 3.17. The van der Waals surface area contributed by atoms with E-state index in [1.165, 1.54) is 18.9 Å². The summed E-state index contributed by atoms with van der Waals surface area (Å²) >= 11 is 8.28. The minimum absolute atomic E-state index is 0.141. The standard InChI is InChI=1S/C10H8ClN3O2S2/c1-5-3-4-12-9(13-5)18-10-14-7(11)6(17-10)8(15)16-2/h3-4H,1-2H3. The molecule has 18 heavy (non-hydrogen) atoms. The number of carbonyl (C=O) groups is 1. The summed E-state index contributed by atoms with van der Waals surface area (Å²) in [4.78, 5) is 24.1. The van der Waals surface area contributed by atoms with Crippen molar-refractivity contribution in [2.24, 2.45) is 0 Å². The molecule has 0 aromatic carbocycles. The Kier molecular flexibility index (Phi) is 4.15. The summed E-state index contributed by atoms with van der Waals surface area (Å²) < 4.78 is 5.21. The first-order chi connectivity index (χ1) is 8.60. The van der Waals surface area contributed by atoms with Crippen molar-refractivity contribution in [1.82, 2.24) is 15.0 Å². The van der Waals surface area contributed by atoms with Crippen molar-refractivity contribution in [3.63, 3.8) is 0 Å². The van der Waals surface area contributed by atoms with Crippen LogP contribution < -0.4 is 0 Å². The Morgan fingerprint density at radius 1 is 1.50 bits per heavy atom. The Hall–Kier alpha value is -1.18. The lowest BCUT2D eigenvalue weighted by atomic mass is 10.5. The van der Waals surface area contributed by atoms with Gasteiger partial charge in [-0.15, -0.1) is 0 Å². The number of esters is 1. The topological polar surface area (TPSA) is 65.0 Å². The minimum atomic E-state index is -0.491. The number of thiazole rings is 1. The fraction of sp³-hybridized carbons (Fsp3) is 0.200. The van der Waals surface area contributed by atoms with E-state index in [1.54, 1.807) is 12.3 Å². The molecule has 2 rings (SSSR count). The molecule has 8 heteroatoms. The number of aryl methyl sites for hydroxylation is 1. The van der Waals surface area contributed by atoms with Gasteiger partial charge in [0, 0.05) is 11.9 Å². The first-order valence-electron chi connectivity index (χ1n) is 4.82. The molecule has 0 N–H and O–H groups in total. The van der Waals surface area contributed by atoms with Crippen LogP contribution in [-0.4, -0.2) is 28.0 Å². The molecular formula is C10H8ClN3O2S2. The van der Waals surface area contributed by atoms with Crippen molar-refractivity contribution >= 4 is 40.7 Å². The van der Waals surface area contributed by atoms with E-state index in [2.05, 4.69) is 19.7 Å². The van der Waals surface area contributed by atoms with Crippen LogP contribution in [0.3, 0.4) is 0 Å². The van der Waals surface area contributed by atoms with Crippen LogP contribution in [0.25, 0.3) is 0 Å². The molecule has 0 fully saturated rings. The van der Waals surface area contributed by atoms with Crippen LogP contribution in [0, 0.1) is 6.92 Å². The van der Waals surface area contributed by atoms with Gasteiger partial charge in [0.15, 0.2) is 19.5 Å². The van der Waals surface area contributed by atoms with Crippen molar-refractivity contribution < 1.29 is 9.53 Å². The summed E-state index contributed by atoms with van der Waals surface area (Å²) in [5.41, 5.74) is 0.864. The van der Waals surface area contributed by atoms with E-state index in [0.717, 1.165) is 17.0 Å². The molecular weight excluding hydrogens is 294 g/mol. The molecule has 0 aliphatic carbocycles. The number of ether oxygens (including phenoxy) is 1. The van der Waals surface area contributed by atoms with Crippen LogP contribution in [0.5, 0.6) is 0 Å². The number of hydrogen-bond donors (Lipinski definition) is 0. The van der Waals surface area contributed by atoms with Crippen molar-refractivity contribution in [2.75, 3.05) is 7.11 Å². The first-order valence-corrected chi connectivity index (χ1v) is 6.83. The molecule has 0 atom stereocenters. The maximum atomic E-state index is 11.4. The van der Waals surface area contributed by atoms with E-state index < -0.39 is 5.97 Å². The van der Waals surface area contributed by atoms with Gasteiger partial charge in [0.05, 0.1) is 7.11 Å². The van der Waals surface area contributed by atoms with E-state index in [1.807, 2.05) is 6.92 Å². The van der Waals surface area contributed by atoms with Crippen molar-refractivity contribution in [3.05, 3.63) is 28.0 Å². The molecule has 0 saturated heterocycles. The van der Waals surface area contributed by atoms with Crippen LogP contribution in [0.4, 0.5) is 0 Å². The summed E-state index contributed by atoms with van der Waals surface area (Å²) in [6.45, 7) is 1.88. The summed E-state index contributed by atoms with van der Waals surface area (Å²) in [6.07, 6.45) is 1.67. The Bertz CT molecular complexity index is 588. The highest BCUT2D eigenvalue weighted by atomic mass is 35.5. The zero-order valence-electron chi connectivity index (χ0n) is 9.51. The van der Waals surface area contributed by atoms with Crippen LogP contribution in [0.1, 0.15) is 15.4 Å². The predicted octanol–water partition coefficient (Wildman–Crippen LogP) is 2.83. The molecule has 0 bridgehead atoms. The molecule has 0 amide bonds. The second kappa shape index (κ2) is 5.64. The van der Waals surface area contributed by atoms with Crippen molar-refractivity contribution in [3.8, 4) is 0 Å². The van der Waals surface area contributed by atoms with E-state index in [0.29, 0.717) is 9.50 Å². The molecule has 0 radical (unpaired) electrons. The third kappa shape index (κ3) is 2.98. The molecule has 2 aromatic rings. The number of hydrogen-bond acceptors (Lipinski definition) is 7. The lowest BCUT2D eigenvalue weighted by Crippen LogP contribution is -1.98. The van der Waals surface area contributed by atoms with E-state index in [9.17, 15) is 4.79 Å². The minimum Gasteiger partial charge on any atom is -0.465 e. The molecule has 0 aliphatic rings. The van der Waals surface area contributed by atoms with Gasteiger partial charge in [-0.3, -0.25) is 0 Å². The summed E-state index contributed by atoms with van der Waals surface area (Å²) in [5, 5.41) is 0.707. The Morgan fingerprint density at radius 3 is 2.94 bits per heavy atom. The van der Waals surface area contributed by atoms with Crippen LogP contribution in [0.2, 0.25) is 5.15 Å². The highest BCUT2D eigenvalue weighted by Gasteiger charge is 2.18.